The average molecular weight is 431 g/mol. The Labute approximate surface area is 186 Å². The second-order valence-electron chi connectivity index (χ2n) is 7.58. The molecule has 0 aromatic heterocycles. The highest BCUT2D eigenvalue weighted by Gasteiger charge is 2.24. The van der Waals surface area contributed by atoms with Crippen LogP contribution in [0, 0.1) is 0 Å². The van der Waals surface area contributed by atoms with E-state index in [0.717, 1.165) is 30.9 Å². The molecule has 0 bridgehead atoms. The van der Waals surface area contributed by atoms with Crippen LogP contribution in [-0.4, -0.2) is 38.2 Å². The Morgan fingerprint density at radius 1 is 0.969 bits per heavy atom. The van der Waals surface area contributed by atoms with Gasteiger partial charge in [-0.1, -0.05) is 12.1 Å². The topological polar surface area (TPSA) is 93.9 Å². The van der Waals surface area contributed by atoms with Crippen molar-refractivity contribution in [1.82, 2.24) is 0 Å². The number of carbonyl (C=O) groups is 2. The fourth-order valence-corrected chi connectivity index (χ4v) is 3.67. The number of ether oxygens (including phenoxy) is 2. The molecule has 3 N–H and O–H groups in total. The summed E-state index contributed by atoms with van der Waals surface area (Å²) in [7, 11) is 1.36. The van der Waals surface area contributed by atoms with Gasteiger partial charge >= 0.3 is 5.97 Å². The van der Waals surface area contributed by atoms with E-state index in [0.29, 0.717) is 22.5 Å². The van der Waals surface area contributed by atoms with Gasteiger partial charge in [0.25, 0.3) is 5.91 Å². The van der Waals surface area contributed by atoms with Gasteiger partial charge in [-0.25, -0.2) is 4.79 Å². The summed E-state index contributed by atoms with van der Waals surface area (Å²) in [6.45, 7) is 1.60. The van der Waals surface area contributed by atoms with Crippen LogP contribution >= 0.6 is 0 Å². The highest BCUT2D eigenvalue weighted by atomic mass is 16.5. The number of para-hydroxylation sites is 2. The van der Waals surface area contributed by atoms with E-state index < -0.39 is 0 Å². The molecule has 0 saturated carbocycles. The molecule has 3 aromatic carbocycles. The zero-order valence-electron chi connectivity index (χ0n) is 17.8. The Bertz CT molecular complexity index is 1100. The molecule has 7 nitrogen and oxygen atoms in total. The quantitative estimate of drug-likeness (QED) is 0.453. The third-order valence-corrected chi connectivity index (χ3v) is 5.43. The van der Waals surface area contributed by atoms with Crippen LogP contribution in [0.5, 0.6) is 5.75 Å². The number of rotatable bonds is 6. The van der Waals surface area contributed by atoms with Gasteiger partial charge < -0.3 is 25.4 Å². The molecule has 32 heavy (non-hydrogen) atoms. The minimum atomic E-state index is -0.368. The number of nitrogens with two attached hydrogens (primary N) is 1. The summed E-state index contributed by atoms with van der Waals surface area (Å²) in [6.07, 6.45) is 0.928. The van der Waals surface area contributed by atoms with Gasteiger partial charge in [-0.3, -0.25) is 4.79 Å². The van der Waals surface area contributed by atoms with Gasteiger partial charge in [0.05, 0.1) is 30.6 Å². The number of carbonyl (C=O) groups excluding carboxylic acids is 2. The lowest BCUT2D eigenvalue weighted by Gasteiger charge is -2.19. The van der Waals surface area contributed by atoms with Gasteiger partial charge in [0.15, 0.2) is 0 Å². The van der Waals surface area contributed by atoms with Crippen LogP contribution in [0.2, 0.25) is 0 Å². The fourth-order valence-electron chi connectivity index (χ4n) is 3.67. The molecule has 0 radical (unpaired) electrons. The van der Waals surface area contributed by atoms with Gasteiger partial charge in [-0.2, -0.15) is 0 Å². The Morgan fingerprint density at radius 3 is 2.34 bits per heavy atom. The Kier molecular flexibility index (Phi) is 6.26. The Balaban J connectivity index is 1.33. The lowest BCUT2D eigenvalue weighted by Crippen LogP contribution is -2.24. The first-order chi connectivity index (χ1) is 15.5. The number of nitrogens with one attached hydrogen (secondary N) is 1. The molecule has 1 amide bonds. The number of methoxy groups -OCH3 is 1. The first-order valence-corrected chi connectivity index (χ1v) is 10.4. The third-order valence-electron chi connectivity index (χ3n) is 5.43. The third kappa shape index (κ3) is 4.83. The predicted molar refractivity (Wildman–Crippen MR) is 124 cm³/mol. The second kappa shape index (κ2) is 9.43. The lowest BCUT2D eigenvalue weighted by atomic mass is 10.1. The van der Waals surface area contributed by atoms with Crippen molar-refractivity contribution in [2.24, 2.45) is 0 Å². The summed E-state index contributed by atoms with van der Waals surface area (Å²) in [5, 5.41) is 2.84. The molecule has 1 fully saturated rings. The number of esters is 1. The number of nitrogens with zero attached hydrogens (tertiary/aromatic N) is 1. The summed E-state index contributed by atoms with van der Waals surface area (Å²) < 4.78 is 10.8. The van der Waals surface area contributed by atoms with E-state index in [1.165, 1.54) is 7.11 Å². The van der Waals surface area contributed by atoms with Gasteiger partial charge in [-0.05, 0) is 60.7 Å². The highest BCUT2D eigenvalue weighted by Crippen LogP contribution is 2.25. The smallest absolute Gasteiger partial charge is 0.337 e. The summed E-state index contributed by atoms with van der Waals surface area (Å²) >= 11 is 0. The SMILES string of the molecule is COC(=O)c1ccc(O[C@H]2CCN(c3ccc(C(=O)Nc4ccccc4N)cc3)C2)cc1. The highest BCUT2D eigenvalue weighted by molar-refractivity contribution is 6.05. The maximum atomic E-state index is 12.5. The maximum Gasteiger partial charge on any atom is 0.337 e. The molecule has 7 heteroatoms. The largest absolute Gasteiger partial charge is 0.489 e. The van der Waals surface area contributed by atoms with Gasteiger partial charge in [-0.15, -0.1) is 0 Å². The number of anilines is 3. The monoisotopic (exact) mass is 431 g/mol. The van der Waals surface area contributed by atoms with Crippen LogP contribution in [0.1, 0.15) is 27.1 Å². The molecule has 4 rings (SSSR count). The van der Waals surface area contributed by atoms with Crippen molar-refractivity contribution in [3.05, 3.63) is 83.9 Å². The molecule has 164 valence electrons. The van der Waals surface area contributed by atoms with Crippen molar-refractivity contribution in [1.29, 1.82) is 0 Å². The van der Waals surface area contributed by atoms with Crippen LogP contribution in [0.3, 0.4) is 0 Å². The molecular formula is C25H25N3O4. The Morgan fingerprint density at radius 2 is 1.66 bits per heavy atom. The van der Waals surface area contributed by atoms with Gasteiger partial charge in [0, 0.05) is 24.2 Å². The Hall–Kier alpha value is -4.00. The number of hydrogen-bond acceptors (Lipinski definition) is 6. The molecule has 1 heterocycles. The van der Waals surface area contributed by atoms with Crippen molar-refractivity contribution in [3.63, 3.8) is 0 Å². The lowest BCUT2D eigenvalue weighted by molar-refractivity contribution is 0.0600. The first kappa shape index (κ1) is 21.2. The normalized spacial score (nSPS) is 15.3. The number of nitrogen functional groups attached to an aromatic ring is 1. The maximum absolute atomic E-state index is 12.5. The van der Waals surface area contributed by atoms with E-state index >= 15 is 0 Å². The minimum absolute atomic E-state index is 0.0445. The summed E-state index contributed by atoms with van der Waals surface area (Å²) in [4.78, 5) is 26.3. The minimum Gasteiger partial charge on any atom is -0.489 e. The summed E-state index contributed by atoms with van der Waals surface area (Å²) in [6, 6.07) is 21.6. The van der Waals surface area contributed by atoms with E-state index in [-0.39, 0.29) is 18.0 Å². The van der Waals surface area contributed by atoms with Crippen molar-refractivity contribution >= 4 is 28.9 Å². The molecule has 1 saturated heterocycles. The number of hydrogen-bond donors (Lipinski definition) is 2. The van der Waals surface area contributed by atoms with Crippen LogP contribution in [0.4, 0.5) is 17.1 Å². The molecular weight excluding hydrogens is 406 g/mol. The predicted octanol–water partition coefficient (Wildman–Crippen LogP) is 3.97. The zero-order valence-corrected chi connectivity index (χ0v) is 17.8. The van der Waals surface area contributed by atoms with E-state index in [9.17, 15) is 9.59 Å². The summed E-state index contributed by atoms with van der Waals surface area (Å²) in [5.41, 5.74) is 9.11. The van der Waals surface area contributed by atoms with Crippen molar-refractivity contribution in [3.8, 4) is 5.75 Å². The van der Waals surface area contributed by atoms with Crippen molar-refractivity contribution in [2.75, 3.05) is 36.1 Å². The molecule has 1 aliphatic rings. The van der Waals surface area contributed by atoms with E-state index in [4.69, 9.17) is 15.2 Å². The fraction of sp³-hybridized carbons (Fsp3) is 0.200. The summed E-state index contributed by atoms with van der Waals surface area (Å²) in [5.74, 6) is 0.150. The van der Waals surface area contributed by atoms with Crippen molar-refractivity contribution < 1.29 is 19.1 Å². The van der Waals surface area contributed by atoms with Crippen LogP contribution < -0.4 is 20.7 Å². The molecule has 3 aromatic rings. The molecule has 0 aliphatic carbocycles. The molecule has 1 aliphatic heterocycles. The average Bonchev–Trinajstić information content (AvgIpc) is 3.29. The number of benzene rings is 3. The second-order valence-corrected chi connectivity index (χ2v) is 7.58. The van der Waals surface area contributed by atoms with Crippen LogP contribution in [0.25, 0.3) is 0 Å². The molecule has 0 unspecified atom stereocenters. The standard InChI is InChI=1S/C25H25N3O4/c1-31-25(30)18-8-12-20(13-9-18)32-21-14-15-28(16-21)19-10-6-17(7-11-19)24(29)27-23-5-3-2-4-22(23)26/h2-13,21H,14-16,26H2,1H3,(H,27,29)/t21-/m0/s1. The first-order valence-electron chi connectivity index (χ1n) is 10.4. The zero-order chi connectivity index (χ0) is 22.5. The van der Waals surface area contributed by atoms with Crippen LogP contribution in [0.15, 0.2) is 72.8 Å². The van der Waals surface area contributed by atoms with E-state index in [1.54, 1.807) is 36.4 Å². The van der Waals surface area contributed by atoms with E-state index in [2.05, 4.69) is 10.2 Å². The number of amides is 1. The van der Waals surface area contributed by atoms with E-state index in [1.807, 2.05) is 36.4 Å². The molecule has 1 atom stereocenters. The van der Waals surface area contributed by atoms with Crippen molar-refractivity contribution in [2.45, 2.75) is 12.5 Å². The van der Waals surface area contributed by atoms with Gasteiger partial charge in [0.2, 0.25) is 0 Å². The molecule has 0 spiro atoms. The van der Waals surface area contributed by atoms with Gasteiger partial charge in [0.1, 0.15) is 11.9 Å². The van der Waals surface area contributed by atoms with Crippen LogP contribution in [-0.2, 0) is 4.74 Å².